The minimum Gasteiger partial charge on any atom is -0.388 e. The molecule has 1 aliphatic heterocycles. The number of carbonyl (C=O) groups is 1. The maximum Gasteiger partial charge on any atom is 0.257 e. The molecular formula is C11H11ClFNO3. The largest absolute Gasteiger partial charge is 0.388 e. The lowest BCUT2D eigenvalue weighted by atomic mass is 10.2. The van der Waals surface area contributed by atoms with E-state index in [1.807, 2.05) is 0 Å². The Labute approximate surface area is 102 Å². The number of hydrogen-bond acceptors (Lipinski definition) is 3. The standard InChI is InChI=1S/C11H11ClFNO3/c12-6-1-2-8(13)7(3-6)11(17)14-4-9(15)10(16)5-14/h1-3,9-10,15-16H,4-5H2/t9-,10+. The minimum absolute atomic E-state index is 0.00798. The first-order valence-electron chi connectivity index (χ1n) is 5.09. The van der Waals surface area contributed by atoms with Crippen LogP contribution in [0.1, 0.15) is 10.4 Å². The second kappa shape index (κ2) is 4.60. The predicted molar refractivity (Wildman–Crippen MR) is 59.3 cm³/mol. The van der Waals surface area contributed by atoms with E-state index in [0.717, 1.165) is 6.07 Å². The molecule has 1 aromatic rings. The molecule has 2 rings (SSSR count). The van der Waals surface area contributed by atoms with E-state index < -0.39 is 23.9 Å². The molecule has 92 valence electrons. The van der Waals surface area contributed by atoms with Gasteiger partial charge in [-0.1, -0.05) is 11.6 Å². The van der Waals surface area contributed by atoms with E-state index in [-0.39, 0.29) is 23.7 Å². The van der Waals surface area contributed by atoms with Crippen LogP contribution in [0.25, 0.3) is 0 Å². The van der Waals surface area contributed by atoms with Crippen molar-refractivity contribution in [2.24, 2.45) is 0 Å². The summed E-state index contributed by atoms with van der Waals surface area (Å²) in [7, 11) is 0. The van der Waals surface area contributed by atoms with Gasteiger partial charge in [0, 0.05) is 18.1 Å². The van der Waals surface area contributed by atoms with Gasteiger partial charge in [0.1, 0.15) is 5.82 Å². The zero-order valence-corrected chi connectivity index (χ0v) is 9.56. The molecule has 17 heavy (non-hydrogen) atoms. The van der Waals surface area contributed by atoms with E-state index in [1.54, 1.807) is 0 Å². The van der Waals surface area contributed by atoms with Crippen molar-refractivity contribution in [2.45, 2.75) is 12.2 Å². The first-order chi connectivity index (χ1) is 7.99. The Morgan fingerprint density at radius 2 is 1.94 bits per heavy atom. The maximum absolute atomic E-state index is 13.4. The highest BCUT2D eigenvalue weighted by Gasteiger charge is 2.33. The van der Waals surface area contributed by atoms with E-state index >= 15 is 0 Å². The van der Waals surface area contributed by atoms with E-state index in [2.05, 4.69) is 0 Å². The Kier molecular flexibility index (Phi) is 3.33. The number of amides is 1. The quantitative estimate of drug-likeness (QED) is 0.779. The molecule has 4 nitrogen and oxygen atoms in total. The highest BCUT2D eigenvalue weighted by atomic mass is 35.5. The van der Waals surface area contributed by atoms with Crippen LogP contribution in [-0.2, 0) is 0 Å². The Hall–Kier alpha value is -1.17. The van der Waals surface area contributed by atoms with E-state index in [4.69, 9.17) is 11.6 Å². The second-order valence-electron chi connectivity index (χ2n) is 3.97. The summed E-state index contributed by atoms with van der Waals surface area (Å²) in [6, 6.07) is 3.69. The SMILES string of the molecule is O=C(c1cc(Cl)ccc1F)N1C[C@@H](O)[C@@H](O)C1. The molecule has 2 N–H and O–H groups in total. The van der Waals surface area contributed by atoms with Crippen LogP contribution >= 0.6 is 11.6 Å². The monoisotopic (exact) mass is 259 g/mol. The molecule has 1 heterocycles. The van der Waals surface area contributed by atoms with Crippen LogP contribution in [0.2, 0.25) is 5.02 Å². The predicted octanol–water partition coefficient (Wildman–Crippen LogP) is 0.657. The number of hydrogen-bond donors (Lipinski definition) is 2. The smallest absolute Gasteiger partial charge is 0.257 e. The Morgan fingerprint density at radius 3 is 2.53 bits per heavy atom. The number of β-amino-alcohol motifs (C(OH)–C–C–N with tert-alkyl or cyclic N) is 2. The molecule has 0 spiro atoms. The van der Waals surface area contributed by atoms with Crippen molar-refractivity contribution < 1.29 is 19.4 Å². The maximum atomic E-state index is 13.4. The number of aliphatic hydroxyl groups excluding tert-OH is 2. The summed E-state index contributed by atoms with van der Waals surface area (Å²) in [6.45, 7) is -0.0160. The molecule has 1 aliphatic rings. The van der Waals surface area contributed by atoms with E-state index in [0.29, 0.717) is 0 Å². The summed E-state index contributed by atoms with van der Waals surface area (Å²) in [6.07, 6.45) is -1.97. The van der Waals surface area contributed by atoms with Crippen molar-refractivity contribution >= 4 is 17.5 Å². The molecule has 0 bridgehead atoms. The summed E-state index contributed by atoms with van der Waals surface area (Å²) in [5, 5.41) is 18.9. The highest BCUT2D eigenvalue weighted by Crippen LogP contribution is 2.19. The van der Waals surface area contributed by atoms with Gasteiger partial charge >= 0.3 is 0 Å². The van der Waals surface area contributed by atoms with Gasteiger partial charge in [0.15, 0.2) is 0 Å². The fourth-order valence-electron chi connectivity index (χ4n) is 1.77. The van der Waals surface area contributed by atoms with Gasteiger partial charge in [0.2, 0.25) is 0 Å². The number of halogens is 2. The molecule has 0 aliphatic carbocycles. The molecule has 2 atom stereocenters. The molecule has 0 aromatic heterocycles. The van der Waals surface area contributed by atoms with E-state index in [9.17, 15) is 19.4 Å². The molecule has 0 unspecified atom stereocenters. The normalized spacial score (nSPS) is 24.1. The fourth-order valence-corrected chi connectivity index (χ4v) is 1.94. The average Bonchev–Trinajstić information content (AvgIpc) is 2.62. The second-order valence-corrected chi connectivity index (χ2v) is 4.41. The van der Waals surface area contributed by atoms with Crippen molar-refractivity contribution in [3.05, 3.63) is 34.6 Å². The number of benzene rings is 1. The van der Waals surface area contributed by atoms with Gasteiger partial charge in [-0.3, -0.25) is 4.79 Å². The Bertz CT molecular complexity index is 444. The molecule has 1 aromatic carbocycles. The molecular weight excluding hydrogens is 249 g/mol. The van der Waals surface area contributed by atoms with Crippen molar-refractivity contribution in [1.29, 1.82) is 0 Å². The molecule has 0 saturated carbocycles. The van der Waals surface area contributed by atoms with Crippen LogP contribution in [0.3, 0.4) is 0 Å². The summed E-state index contributed by atoms with van der Waals surface area (Å²) in [5.41, 5.74) is -0.154. The van der Waals surface area contributed by atoms with Crippen LogP contribution in [-0.4, -0.2) is 46.3 Å². The average molecular weight is 260 g/mol. The summed E-state index contributed by atoms with van der Waals surface area (Å²) < 4.78 is 13.4. The van der Waals surface area contributed by atoms with Crippen LogP contribution in [0.5, 0.6) is 0 Å². The zero-order valence-electron chi connectivity index (χ0n) is 8.81. The van der Waals surface area contributed by atoms with Gasteiger partial charge in [0.05, 0.1) is 17.8 Å². The Balaban J connectivity index is 2.23. The molecule has 1 fully saturated rings. The molecule has 1 amide bonds. The van der Waals surface area contributed by atoms with Crippen molar-refractivity contribution in [1.82, 2.24) is 4.90 Å². The summed E-state index contributed by atoms with van der Waals surface area (Å²) in [4.78, 5) is 13.1. The topological polar surface area (TPSA) is 60.8 Å². The van der Waals surface area contributed by atoms with Gasteiger partial charge in [0.25, 0.3) is 5.91 Å². The molecule has 1 saturated heterocycles. The lowest BCUT2D eigenvalue weighted by Gasteiger charge is -2.15. The third kappa shape index (κ3) is 2.41. The fraction of sp³-hybridized carbons (Fsp3) is 0.364. The van der Waals surface area contributed by atoms with Crippen LogP contribution in [0, 0.1) is 5.82 Å². The van der Waals surface area contributed by atoms with Gasteiger partial charge in [-0.15, -0.1) is 0 Å². The first kappa shape index (κ1) is 12.3. The minimum atomic E-state index is -0.985. The lowest BCUT2D eigenvalue weighted by molar-refractivity contribution is 0.0572. The third-order valence-corrected chi connectivity index (χ3v) is 2.94. The van der Waals surface area contributed by atoms with Crippen LogP contribution < -0.4 is 0 Å². The van der Waals surface area contributed by atoms with Crippen molar-refractivity contribution in [3.63, 3.8) is 0 Å². The summed E-state index contributed by atoms with van der Waals surface area (Å²) in [5.74, 6) is -1.25. The molecule has 0 radical (unpaired) electrons. The first-order valence-corrected chi connectivity index (χ1v) is 5.47. The zero-order chi connectivity index (χ0) is 12.6. The lowest BCUT2D eigenvalue weighted by Crippen LogP contribution is -2.30. The molecule has 6 heteroatoms. The number of carbonyl (C=O) groups excluding carboxylic acids is 1. The van der Waals surface area contributed by atoms with Crippen LogP contribution in [0.4, 0.5) is 4.39 Å². The van der Waals surface area contributed by atoms with Crippen molar-refractivity contribution in [3.8, 4) is 0 Å². The highest BCUT2D eigenvalue weighted by molar-refractivity contribution is 6.31. The number of likely N-dealkylation sites (tertiary alicyclic amines) is 1. The van der Waals surface area contributed by atoms with Gasteiger partial charge in [-0.25, -0.2) is 4.39 Å². The summed E-state index contributed by atoms with van der Waals surface area (Å²) >= 11 is 5.69. The Morgan fingerprint density at radius 1 is 1.35 bits per heavy atom. The van der Waals surface area contributed by atoms with Gasteiger partial charge in [-0.05, 0) is 18.2 Å². The number of rotatable bonds is 1. The third-order valence-electron chi connectivity index (χ3n) is 2.71. The van der Waals surface area contributed by atoms with Crippen LogP contribution in [0.15, 0.2) is 18.2 Å². The van der Waals surface area contributed by atoms with Gasteiger partial charge in [-0.2, -0.15) is 0 Å². The van der Waals surface area contributed by atoms with Gasteiger partial charge < -0.3 is 15.1 Å². The number of nitrogens with zero attached hydrogens (tertiary/aromatic N) is 1. The van der Waals surface area contributed by atoms with Crippen molar-refractivity contribution in [2.75, 3.05) is 13.1 Å². The number of aliphatic hydroxyl groups is 2. The van der Waals surface area contributed by atoms with E-state index in [1.165, 1.54) is 17.0 Å².